The van der Waals surface area contributed by atoms with Crippen molar-refractivity contribution in [3.05, 3.63) is 75.7 Å². The van der Waals surface area contributed by atoms with Crippen LogP contribution in [0.3, 0.4) is 0 Å². The summed E-state index contributed by atoms with van der Waals surface area (Å²) in [5, 5.41) is 5.87. The quantitative estimate of drug-likeness (QED) is 0.556. The Morgan fingerprint density at radius 3 is 2.57 bits per heavy atom. The Morgan fingerprint density at radius 1 is 1.07 bits per heavy atom. The highest BCUT2D eigenvalue weighted by molar-refractivity contribution is 6.32. The molecular weight excluding hydrogens is 396 g/mol. The van der Waals surface area contributed by atoms with Gasteiger partial charge in [-0.05, 0) is 73.6 Å². The maximum Gasteiger partial charge on any atom is 0.255 e. The molecule has 0 atom stereocenters. The minimum Gasteiger partial charge on any atom is -0.489 e. The highest BCUT2D eigenvalue weighted by Crippen LogP contribution is 2.48. The lowest BCUT2D eigenvalue weighted by Gasteiger charge is -2.41. The van der Waals surface area contributed by atoms with Crippen molar-refractivity contribution >= 4 is 22.4 Å². The van der Waals surface area contributed by atoms with Crippen molar-refractivity contribution in [3.63, 3.8) is 0 Å². The normalized spacial score (nSPS) is 24.1. The van der Waals surface area contributed by atoms with Gasteiger partial charge in [0.25, 0.3) is 5.56 Å². The highest BCUT2D eigenvalue weighted by Gasteiger charge is 2.47. The molecule has 0 bridgehead atoms. The zero-order valence-electron chi connectivity index (χ0n) is 17.0. The molecule has 2 aromatic carbocycles. The van der Waals surface area contributed by atoms with Gasteiger partial charge in [-0.15, -0.1) is 0 Å². The van der Waals surface area contributed by atoms with Crippen LogP contribution in [0.25, 0.3) is 10.8 Å². The van der Waals surface area contributed by atoms with Crippen molar-refractivity contribution in [3.8, 4) is 5.75 Å². The summed E-state index contributed by atoms with van der Waals surface area (Å²) < 4.78 is 6.32. The molecule has 2 aliphatic carbocycles. The number of benzene rings is 2. The van der Waals surface area contributed by atoms with Gasteiger partial charge in [0, 0.05) is 23.7 Å². The maximum absolute atomic E-state index is 12.0. The molecule has 0 spiro atoms. The summed E-state index contributed by atoms with van der Waals surface area (Å²) in [7, 11) is 0. The third kappa shape index (κ3) is 3.99. The van der Waals surface area contributed by atoms with E-state index < -0.39 is 0 Å². The lowest BCUT2D eigenvalue weighted by molar-refractivity contribution is 0.0897. The van der Waals surface area contributed by atoms with Gasteiger partial charge in [-0.3, -0.25) is 4.79 Å². The largest absolute Gasteiger partial charge is 0.489 e. The fraction of sp³-hybridized carbons (Fsp3) is 0.400. The predicted molar refractivity (Wildman–Crippen MR) is 121 cm³/mol. The SMILES string of the molecule is O=c1[nH]ccc2cc(O[C@H]3CC[C@@](NCc4ccccc4)(C4CC4)CC3)c(Cl)cc12. The third-order valence-corrected chi connectivity index (χ3v) is 7.09. The predicted octanol–water partition coefficient (Wildman–Crippen LogP) is 5.44. The molecule has 2 N–H and O–H groups in total. The number of nitrogens with one attached hydrogen (secondary N) is 2. The molecule has 3 aromatic rings. The summed E-state index contributed by atoms with van der Waals surface area (Å²) in [4.78, 5) is 14.7. The second kappa shape index (κ2) is 8.09. The highest BCUT2D eigenvalue weighted by atomic mass is 35.5. The monoisotopic (exact) mass is 422 g/mol. The first kappa shape index (κ1) is 19.7. The first-order valence-corrected chi connectivity index (χ1v) is 11.3. The first-order valence-electron chi connectivity index (χ1n) is 10.9. The number of ether oxygens (including phenoxy) is 1. The molecule has 0 unspecified atom stereocenters. The lowest BCUT2D eigenvalue weighted by Crippen LogP contribution is -2.50. The minimum absolute atomic E-state index is 0.127. The number of hydrogen-bond donors (Lipinski definition) is 2. The minimum atomic E-state index is -0.127. The Hall–Kier alpha value is -2.30. The zero-order valence-corrected chi connectivity index (χ0v) is 17.8. The van der Waals surface area contributed by atoms with Crippen molar-refractivity contribution in [1.82, 2.24) is 10.3 Å². The molecule has 0 saturated heterocycles. The Labute approximate surface area is 181 Å². The number of halogens is 1. The van der Waals surface area contributed by atoms with E-state index in [1.165, 1.54) is 18.4 Å². The second-order valence-corrected chi connectivity index (χ2v) is 9.17. The van der Waals surface area contributed by atoms with Crippen molar-refractivity contribution in [2.75, 3.05) is 0 Å². The van der Waals surface area contributed by atoms with Crippen LogP contribution in [0.15, 0.2) is 59.5 Å². The van der Waals surface area contributed by atoms with E-state index >= 15 is 0 Å². The van der Waals surface area contributed by atoms with Crippen LogP contribution in [0.1, 0.15) is 44.1 Å². The maximum atomic E-state index is 12.0. The van der Waals surface area contributed by atoms with Crippen molar-refractivity contribution in [1.29, 1.82) is 0 Å². The second-order valence-electron chi connectivity index (χ2n) is 8.76. The lowest BCUT2D eigenvalue weighted by atomic mass is 9.76. The van der Waals surface area contributed by atoms with E-state index in [4.69, 9.17) is 16.3 Å². The van der Waals surface area contributed by atoms with Crippen LogP contribution < -0.4 is 15.6 Å². The average Bonchev–Trinajstić information content (AvgIpc) is 3.62. The Balaban J connectivity index is 1.26. The molecular formula is C25H27ClN2O2. The van der Waals surface area contributed by atoms with E-state index in [0.717, 1.165) is 43.5 Å². The third-order valence-electron chi connectivity index (χ3n) is 6.79. The van der Waals surface area contributed by atoms with Crippen LogP contribution >= 0.6 is 11.6 Å². The van der Waals surface area contributed by atoms with Gasteiger partial charge in [-0.1, -0.05) is 41.9 Å². The number of rotatable bonds is 6. The molecule has 5 rings (SSSR count). The van der Waals surface area contributed by atoms with E-state index in [1.807, 2.05) is 12.1 Å². The summed E-state index contributed by atoms with van der Waals surface area (Å²) in [6.45, 7) is 0.925. The smallest absolute Gasteiger partial charge is 0.255 e. The van der Waals surface area contributed by atoms with Crippen LogP contribution in [0, 0.1) is 5.92 Å². The number of fused-ring (bicyclic) bond motifs is 1. The van der Waals surface area contributed by atoms with E-state index in [1.54, 1.807) is 12.3 Å². The van der Waals surface area contributed by atoms with Crippen LogP contribution in [0.5, 0.6) is 5.75 Å². The number of hydrogen-bond acceptors (Lipinski definition) is 3. The summed E-state index contributed by atoms with van der Waals surface area (Å²) in [5.41, 5.74) is 1.45. The fourth-order valence-corrected chi connectivity index (χ4v) is 5.13. The summed E-state index contributed by atoms with van der Waals surface area (Å²) in [5.74, 6) is 1.47. The van der Waals surface area contributed by atoms with E-state index in [-0.39, 0.29) is 17.2 Å². The van der Waals surface area contributed by atoms with Gasteiger partial charge in [0.1, 0.15) is 5.75 Å². The molecule has 5 heteroatoms. The summed E-state index contributed by atoms with van der Waals surface area (Å²) in [6.07, 6.45) is 8.76. The van der Waals surface area contributed by atoms with Crippen molar-refractivity contribution in [2.24, 2.45) is 5.92 Å². The van der Waals surface area contributed by atoms with Gasteiger partial charge in [0.05, 0.1) is 11.1 Å². The van der Waals surface area contributed by atoms with Gasteiger partial charge in [0.15, 0.2) is 0 Å². The first-order chi connectivity index (χ1) is 14.6. The molecule has 2 aliphatic rings. The van der Waals surface area contributed by atoms with Gasteiger partial charge in [0.2, 0.25) is 0 Å². The molecule has 1 heterocycles. The molecule has 30 heavy (non-hydrogen) atoms. The molecule has 0 amide bonds. The van der Waals surface area contributed by atoms with Crippen LogP contribution in [0.4, 0.5) is 0 Å². The van der Waals surface area contributed by atoms with E-state index in [9.17, 15) is 4.79 Å². The average molecular weight is 423 g/mol. The summed E-state index contributed by atoms with van der Waals surface area (Å²) >= 11 is 6.44. The standard InChI is InChI=1S/C25H27ClN2O2/c26-22-15-21-18(10-13-27-24(21)29)14-23(22)30-20-8-11-25(12-9-20,19-6-7-19)28-16-17-4-2-1-3-5-17/h1-5,10,13-15,19-20,28H,6-9,11-12,16H2,(H,27,29)/t20-,25-. The van der Waals surface area contributed by atoms with E-state index in [0.29, 0.717) is 16.2 Å². The van der Waals surface area contributed by atoms with Crippen molar-refractivity contribution in [2.45, 2.75) is 56.7 Å². The van der Waals surface area contributed by atoms with E-state index in [2.05, 4.69) is 40.6 Å². The molecule has 2 fully saturated rings. The molecule has 2 saturated carbocycles. The molecule has 156 valence electrons. The van der Waals surface area contributed by atoms with Crippen LogP contribution in [0.2, 0.25) is 5.02 Å². The zero-order chi connectivity index (χ0) is 20.6. The number of pyridine rings is 1. The van der Waals surface area contributed by atoms with Crippen LogP contribution in [-0.4, -0.2) is 16.6 Å². The number of aromatic amines is 1. The van der Waals surface area contributed by atoms with Gasteiger partial charge < -0.3 is 15.0 Å². The molecule has 0 radical (unpaired) electrons. The Kier molecular flexibility index (Phi) is 5.30. The molecule has 1 aromatic heterocycles. The topological polar surface area (TPSA) is 54.1 Å². The molecule has 4 nitrogen and oxygen atoms in total. The summed E-state index contributed by atoms with van der Waals surface area (Å²) in [6, 6.07) is 16.1. The van der Waals surface area contributed by atoms with Crippen molar-refractivity contribution < 1.29 is 4.74 Å². The number of H-pyrrole nitrogens is 1. The van der Waals surface area contributed by atoms with Crippen LogP contribution in [-0.2, 0) is 6.54 Å². The fourth-order valence-electron chi connectivity index (χ4n) is 4.92. The Morgan fingerprint density at radius 2 is 1.83 bits per heavy atom. The number of aromatic nitrogens is 1. The van der Waals surface area contributed by atoms with Gasteiger partial charge in [-0.2, -0.15) is 0 Å². The molecule has 0 aliphatic heterocycles. The Bertz CT molecular complexity index is 1080. The van der Waals surface area contributed by atoms with Gasteiger partial charge in [-0.25, -0.2) is 0 Å². The van der Waals surface area contributed by atoms with Gasteiger partial charge >= 0.3 is 0 Å².